The highest BCUT2D eigenvalue weighted by Gasteiger charge is 2.27. The van der Waals surface area contributed by atoms with E-state index >= 15 is 0 Å². The van der Waals surface area contributed by atoms with Gasteiger partial charge in [0.2, 0.25) is 10.0 Å². The first kappa shape index (κ1) is 13.8. The molecule has 1 aliphatic heterocycles. The molecule has 0 saturated carbocycles. The van der Waals surface area contributed by atoms with Crippen molar-refractivity contribution in [2.45, 2.75) is 18.8 Å². The van der Waals surface area contributed by atoms with Crippen LogP contribution in [0.3, 0.4) is 0 Å². The summed E-state index contributed by atoms with van der Waals surface area (Å²) in [5.74, 6) is 0.694. The lowest BCUT2D eigenvalue weighted by atomic mass is 9.90. The van der Waals surface area contributed by atoms with Crippen molar-refractivity contribution >= 4 is 21.6 Å². The highest BCUT2D eigenvalue weighted by Crippen LogP contribution is 2.28. The second kappa shape index (κ2) is 6.04. The monoisotopic (exact) mass is 287 g/mol. The molecule has 0 atom stereocenters. The van der Waals surface area contributed by atoms with E-state index in [0.717, 1.165) is 12.8 Å². The Kier molecular flexibility index (Phi) is 4.65. The van der Waals surface area contributed by atoms with Crippen LogP contribution in [0.1, 0.15) is 24.3 Å². The molecule has 1 saturated heterocycles. The molecule has 100 valence electrons. The smallest absolute Gasteiger partial charge is 0.212 e. The fourth-order valence-corrected chi connectivity index (χ4v) is 4.22. The molecule has 1 heterocycles. The van der Waals surface area contributed by atoms with E-state index < -0.39 is 10.0 Å². The van der Waals surface area contributed by atoms with Gasteiger partial charge in [-0.3, -0.25) is 0 Å². The molecule has 5 heteroatoms. The summed E-state index contributed by atoms with van der Waals surface area (Å²) in [5, 5.41) is 0. The van der Waals surface area contributed by atoms with E-state index in [1.807, 2.05) is 18.2 Å². The van der Waals surface area contributed by atoms with E-state index in [9.17, 15) is 8.42 Å². The second-order valence-corrected chi connectivity index (χ2v) is 7.06. The van der Waals surface area contributed by atoms with Crippen LogP contribution in [-0.2, 0) is 10.0 Å². The van der Waals surface area contributed by atoms with Crippen molar-refractivity contribution < 1.29 is 8.42 Å². The fraction of sp³-hybridized carbons (Fsp3) is 0.538. The molecule has 3 nitrogen and oxygen atoms in total. The van der Waals surface area contributed by atoms with E-state index in [1.165, 1.54) is 5.56 Å². The average Bonchev–Trinajstić information content (AvgIpc) is 2.40. The quantitative estimate of drug-likeness (QED) is 0.798. The van der Waals surface area contributed by atoms with Crippen molar-refractivity contribution in [1.82, 2.24) is 4.31 Å². The first-order chi connectivity index (χ1) is 8.63. The Morgan fingerprint density at radius 3 is 2.33 bits per heavy atom. The predicted octanol–water partition coefficient (Wildman–Crippen LogP) is 2.43. The lowest BCUT2D eigenvalue weighted by molar-refractivity contribution is 0.320. The molecule has 0 unspecified atom stereocenters. The Bertz CT molecular complexity index is 467. The minimum atomic E-state index is -3.14. The number of piperidine rings is 1. The van der Waals surface area contributed by atoms with E-state index in [1.54, 1.807) is 4.31 Å². The third kappa shape index (κ3) is 3.25. The maximum Gasteiger partial charge on any atom is 0.215 e. The lowest BCUT2D eigenvalue weighted by Gasteiger charge is -2.31. The van der Waals surface area contributed by atoms with Gasteiger partial charge in [-0.2, -0.15) is 0 Å². The van der Waals surface area contributed by atoms with Gasteiger partial charge in [0.05, 0.1) is 5.75 Å². The first-order valence-corrected chi connectivity index (χ1v) is 8.36. The zero-order valence-electron chi connectivity index (χ0n) is 10.3. The minimum Gasteiger partial charge on any atom is -0.212 e. The van der Waals surface area contributed by atoms with Crippen LogP contribution in [0.5, 0.6) is 0 Å². The van der Waals surface area contributed by atoms with Crippen LogP contribution in [0.15, 0.2) is 30.3 Å². The second-order valence-electron chi connectivity index (χ2n) is 4.59. The van der Waals surface area contributed by atoms with E-state index in [2.05, 4.69) is 12.1 Å². The summed E-state index contributed by atoms with van der Waals surface area (Å²) >= 11 is 5.52. The molecule has 0 radical (unpaired) electrons. The Balaban J connectivity index is 1.97. The number of rotatable bonds is 4. The molecule has 0 spiro atoms. The molecule has 0 bridgehead atoms. The van der Waals surface area contributed by atoms with Gasteiger partial charge < -0.3 is 0 Å². The zero-order chi connectivity index (χ0) is 13.0. The lowest BCUT2D eigenvalue weighted by Crippen LogP contribution is -2.39. The van der Waals surface area contributed by atoms with Gasteiger partial charge in [-0.25, -0.2) is 12.7 Å². The summed E-state index contributed by atoms with van der Waals surface area (Å²) in [6.07, 6.45) is 1.79. The zero-order valence-corrected chi connectivity index (χ0v) is 11.8. The van der Waals surface area contributed by atoms with Gasteiger partial charge in [0.15, 0.2) is 0 Å². The topological polar surface area (TPSA) is 37.4 Å². The molecule has 0 amide bonds. The number of sulfonamides is 1. The van der Waals surface area contributed by atoms with Gasteiger partial charge in [0.25, 0.3) is 0 Å². The molecular formula is C13H18ClNO2S. The molecule has 1 fully saturated rings. The highest BCUT2D eigenvalue weighted by molar-refractivity contribution is 7.89. The van der Waals surface area contributed by atoms with Crippen LogP contribution in [0.25, 0.3) is 0 Å². The number of hydrogen-bond donors (Lipinski definition) is 0. The first-order valence-electron chi connectivity index (χ1n) is 6.22. The summed E-state index contributed by atoms with van der Waals surface area (Å²) in [5.41, 5.74) is 1.31. The number of benzene rings is 1. The van der Waals surface area contributed by atoms with Crippen molar-refractivity contribution in [3.8, 4) is 0 Å². The largest absolute Gasteiger partial charge is 0.215 e. The van der Waals surface area contributed by atoms with Gasteiger partial charge in [-0.15, -0.1) is 11.6 Å². The molecule has 0 aliphatic carbocycles. The van der Waals surface area contributed by atoms with Crippen LogP contribution in [-0.4, -0.2) is 37.4 Å². The number of halogens is 1. The molecule has 1 aromatic rings. The third-order valence-electron chi connectivity index (χ3n) is 3.45. The van der Waals surface area contributed by atoms with Crippen molar-refractivity contribution in [2.24, 2.45) is 0 Å². The van der Waals surface area contributed by atoms with Crippen LogP contribution >= 0.6 is 11.6 Å². The Morgan fingerprint density at radius 1 is 1.17 bits per heavy atom. The van der Waals surface area contributed by atoms with Gasteiger partial charge in [0.1, 0.15) is 0 Å². The van der Waals surface area contributed by atoms with E-state index in [4.69, 9.17) is 11.6 Å². The van der Waals surface area contributed by atoms with Crippen molar-refractivity contribution in [3.05, 3.63) is 35.9 Å². The number of hydrogen-bond acceptors (Lipinski definition) is 2. The highest BCUT2D eigenvalue weighted by atomic mass is 35.5. The van der Waals surface area contributed by atoms with Gasteiger partial charge >= 0.3 is 0 Å². The predicted molar refractivity (Wildman–Crippen MR) is 74.5 cm³/mol. The summed E-state index contributed by atoms with van der Waals surface area (Å²) in [6, 6.07) is 10.3. The maximum absolute atomic E-state index is 11.9. The Morgan fingerprint density at radius 2 is 1.78 bits per heavy atom. The molecule has 18 heavy (non-hydrogen) atoms. The summed E-state index contributed by atoms with van der Waals surface area (Å²) in [4.78, 5) is 0. The molecule has 1 aromatic carbocycles. The average molecular weight is 288 g/mol. The standard InChI is InChI=1S/C13H18ClNO2S/c14-8-11-18(16,17)15-9-6-13(7-10-15)12-4-2-1-3-5-12/h1-5,13H,6-11H2. The summed E-state index contributed by atoms with van der Waals surface area (Å²) in [6.45, 7) is 1.22. The molecule has 1 aliphatic rings. The fourth-order valence-electron chi connectivity index (χ4n) is 2.42. The Hall–Kier alpha value is -0.580. The van der Waals surface area contributed by atoms with Crippen LogP contribution in [0.2, 0.25) is 0 Å². The maximum atomic E-state index is 11.9. The van der Waals surface area contributed by atoms with E-state index in [-0.39, 0.29) is 11.6 Å². The van der Waals surface area contributed by atoms with Crippen LogP contribution < -0.4 is 0 Å². The summed E-state index contributed by atoms with van der Waals surface area (Å²) in [7, 11) is -3.14. The molecular weight excluding hydrogens is 270 g/mol. The van der Waals surface area contributed by atoms with Crippen molar-refractivity contribution in [1.29, 1.82) is 0 Å². The minimum absolute atomic E-state index is 0.0462. The molecule has 0 N–H and O–H groups in total. The van der Waals surface area contributed by atoms with Crippen LogP contribution in [0, 0.1) is 0 Å². The van der Waals surface area contributed by atoms with Gasteiger partial charge in [0, 0.05) is 19.0 Å². The SMILES string of the molecule is O=S(=O)(CCCl)N1CCC(c2ccccc2)CC1. The van der Waals surface area contributed by atoms with Crippen molar-refractivity contribution in [2.75, 3.05) is 24.7 Å². The molecule has 2 rings (SSSR count). The Labute approximate surface area is 114 Å². The van der Waals surface area contributed by atoms with E-state index in [0.29, 0.717) is 19.0 Å². The molecule has 0 aromatic heterocycles. The normalized spacial score (nSPS) is 18.9. The van der Waals surface area contributed by atoms with Crippen LogP contribution in [0.4, 0.5) is 0 Å². The number of alkyl halides is 1. The van der Waals surface area contributed by atoms with Gasteiger partial charge in [-0.1, -0.05) is 30.3 Å². The van der Waals surface area contributed by atoms with Gasteiger partial charge in [-0.05, 0) is 24.3 Å². The summed E-state index contributed by atoms with van der Waals surface area (Å²) < 4.78 is 25.3. The number of nitrogens with zero attached hydrogens (tertiary/aromatic N) is 1. The third-order valence-corrected chi connectivity index (χ3v) is 5.74. The van der Waals surface area contributed by atoms with Crippen molar-refractivity contribution in [3.63, 3.8) is 0 Å².